The Morgan fingerprint density at radius 1 is 1.08 bits per heavy atom. The summed E-state index contributed by atoms with van der Waals surface area (Å²) >= 11 is 14.8. The van der Waals surface area contributed by atoms with Gasteiger partial charge in [-0.25, -0.2) is 0 Å². The van der Waals surface area contributed by atoms with Crippen molar-refractivity contribution >= 4 is 35.8 Å². The van der Waals surface area contributed by atoms with E-state index in [2.05, 4.69) is 12.6 Å². The maximum Gasteiger partial charge on any atom is 0.416 e. The molecule has 0 unspecified atom stereocenters. The van der Waals surface area contributed by atoms with Crippen LogP contribution < -0.4 is 0 Å². The number of rotatable bonds is 0. The number of thiol groups is 1. The molecule has 0 amide bonds. The van der Waals surface area contributed by atoms with E-state index in [1.807, 2.05) is 0 Å². The highest BCUT2D eigenvalue weighted by Gasteiger charge is 2.31. The highest BCUT2D eigenvalue weighted by molar-refractivity contribution is 7.80. The van der Waals surface area contributed by atoms with Crippen molar-refractivity contribution in [2.75, 3.05) is 0 Å². The van der Waals surface area contributed by atoms with Crippen molar-refractivity contribution < 1.29 is 13.2 Å². The van der Waals surface area contributed by atoms with Gasteiger partial charge in [-0.15, -0.1) is 12.6 Å². The summed E-state index contributed by atoms with van der Waals surface area (Å²) in [6.45, 7) is 0. The molecule has 0 N–H and O–H groups in total. The van der Waals surface area contributed by atoms with Crippen LogP contribution in [0.4, 0.5) is 13.2 Å². The van der Waals surface area contributed by atoms with E-state index in [1.165, 1.54) is 0 Å². The Labute approximate surface area is 88.1 Å². The molecular weight excluding hydrogens is 244 g/mol. The lowest BCUT2D eigenvalue weighted by molar-refractivity contribution is -0.137. The summed E-state index contributed by atoms with van der Waals surface area (Å²) in [6.07, 6.45) is -4.44. The third-order valence-corrected chi connectivity index (χ3v) is 2.69. The van der Waals surface area contributed by atoms with Crippen LogP contribution in [0, 0.1) is 0 Å². The first-order valence-corrected chi connectivity index (χ1v) is 4.28. The summed E-state index contributed by atoms with van der Waals surface area (Å²) in [4.78, 5) is 0.149. The molecule has 6 heteroatoms. The van der Waals surface area contributed by atoms with Crippen LogP contribution in [-0.4, -0.2) is 0 Å². The van der Waals surface area contributed by atoms with Gasteiger partial charge in [-0.2, -0.15) is 13.2 Å². The molecule has 0 aromatic heterocycles. The van der Waals surface area contributed by atoms with Gasteiger partial charge in [-0.1, -0.05) is 23.2 Å². The van der Waals surface area contributed by atoms with Crippen LogP contribution in [-0.2, 0) is 6.18 Å². The van der Waals surface area contributed by atoms with E-state index in [-0.39, 0.29) is 14.9 Å². The largest absolute Gasteiger partial charge is 0.416 e. The molecule has 0 aliphatic heterocycles. The van der Waals surface area contributed by atoms with E-state index in [0.717, 1.165) is 12.1 Å². The standard InChI is InChI=1S/C7H3Cl2F3S/c8-4-1-3(7(10,11)12)2-5(9)6(4)13/h1-2,13H. The van der Waals surface area contributed by atoms with Crippen molar-refractivity contribution in [1.82, 2.24) is 0 Å². The van der Waals surface area contributed by atoms with Crippen molar-refractivity contribution in [2.24, 2.45) is 0 Å². The highest BCUT2D eigenvalue weighted by Crippen LogP contribution is 2.36. The molecule has 72 valence electrons. The average molecular weight is 247 g/mol. The van der Waals surface area contributed by atoms with E-state index in [4.69, 9.17) is 23.2 Å². The van der Waals surface area contributed by atoms with Crippen molar-refractivity contribution in [3.05, 3.63) is 27.7 Å². The monoisotopic (exact) mass is 246 g/mol. The van der Waals surface area contributed by atoms with Crippen molar-refractivity contribution in [3.63, 3.8) is 0 Å². The molecule has 0 aliphatic rings. The van der Waals surface area contributed by atoms with E-state index in [9.17, 15) is 13.2 Å². The SMILES string of the molecule is FC(F)(F)c1cc(Cl)c(S)c(Cl)c1. The predicted molar refractivity (Wildman–Crippen MR) is 48.7 cm³/mol. The maximum atomic E-state index is 12.1. The molecule has 0 heterocycles. The second kappa shape index (κ2) is 3.59. The lowest BCUT2D eigenvalue weighted by Gasteiger charge is -2.08. The van der Waals surface area contributed by atoms with Gasteiger partial charge in [-0.05, 0) is 12.1 Å². The van der Waals surface area contributed by atoms with Gasteiger partial charge in [0, 0.05) is 4.90 Å². The lowest BCUT2D eigenvalue weighted by Crippen LogP contribution is -2.04. The fourth-order valence-corrected chi connectivity index (χ4v) is 1.35. The number of benzene rings is 1. The van der Waals surface area contributed by atoms with E-state index < -0.39 is 11.7 Å². The molecule has 0 aliphatic carbocycles. The van der Waals surface area contributed by atoms with Crippen molar-refractivity contribution in [2.45, 2.75) is 11.1 Å². The van der Waals surface area contributed by atoms with Gasteiger partial charge in [0.15, 0.2) is 0 Å². The first kappa shape index (κ1) is 11.0. The molecule has 0 spiro atoms. The Bertz CT molecular complexity index is 312. The molecule has 0 fully saturated rings. The van der Waals surface area contributed by atoms with Crippen LogP contribution in [0.1, 0.15) is 5.56 Å². The van der Waals surface area contributed by atoms with Crippen LogP contribution in [0.25, 0.3) is 0 Å². The minimum absolute atomic E-state index is 0.108. The van der Waals surface area contributed by atoms with Gasteiger partial charge >= 0.3 is 6.18 Å². The molecule has 0 bridgehead atoms. The summed E-state index contributed by atoms with van der Waals surface area (Å²) in [7, 11) is 0. The Kier molecular flexibility index (Phi) is 3.05. The molecule has 0 radical (unpaired) electrons. The number of hydrogen-bond donors (Lipinski definition) is 1. The first-order valence-electron chi connectivity index (χ1n) is 3.07. The molecular formula is C7H3Cl2F3S. The Morgan fingerprint density at radius 3 is 1.77 bits per heavy atom. The molecule has 0 nitrogen and oxygen atoms in total. The van der Waals surface area contributed by atoms with Gasteiger partial charge in [0.2, 0.25) is 0 Å². The molecule has 1 aromatic carbocycles. The highest BCUT2D eigenvalue weighted by atomic mass is 35.5. The van der Waals surface area contributed by atoms with E-state index in [0.29, 0.717) is 0 Å². The zero-order chi connectivity index (χ0) is 10.2. The second-order valence-electron chi connectivity index (χ2n) is 2.29. The zero-order valence-corrected chi connectivity index (χ0v) is 8.40. The normalized spacial score (nSPS) is 11.8. The van der Waals surface area contributed by atoms with Gasteiger partial charge in [0.1, 0.15) is 0 Å². The topological polar surface area (TPSA) is 0 Å². The summed E-state index contributed by atoms with van der Waals surface area (Å²) in [6, 6.07) is 1.57. The minimum atomic E-state index is -4.44. The summed E-state index contributed by atoms with van der Waals surface area (Å²) in [5.74, 6) is 0. The van der Waals surface area contributed by atoms with Gasteiger partial charge in [0.05, 0.1) is 15.6 Å². The van der Waals surface area contributed by atoms with Crippen LogP contribution in [0.5, 0.6) is 0 Å². The summed E-state index contributed by atoms with van der Waals surface area (Å²) in [5.41, 5.74) is -0.875. The number of hydrogen-bond acceptors (Lipinski definition) is 1. The van der Waals surface area contributed by atoms with Crippen molar-refractivity contribution in [1.29, 1.82) is 0 Å². The third-order valence-electron chi connectivity index (χ3n) is 1.34. The van der Waals surface area contributed by atoms with Gasteiger partial charge in [0.25, 0.3) is 0 Å². The summed E-state index contributed by atoms with van der Waals surface area (Å²) in [5, 5.41) is -0.216. The maximum absolute atomic E-state index is 12.1. The lowest BCUT2D eigenvalue weighted by atomic mass is 10.2. The van der Waals surface area contributed by atoms with Gasteiger partial charge in [-0.3, -0.25) is 0 Å². The Morgan fingerprint density at radius 2 is 1.46 bits per heavy atom. The minimum Gasteiger partial charge on any atom is -0.166 e. The molecule has 0 atom stereocenters. The van der Waals surface area contributed by atoms with Crippen LogP contribution in [0.15, 0.2) is 17.0 Å². The van der Waals surface area contributed by atoms with Crippen LogP contribution in [0.3, 0.4) is 0 Å². The summed E-state index contributed by atoms with van der Waals surface area (Å²) < 4.78 is 36.4. The van der Waals surface area contributed by atoms with Crippen LogP contribution >= 0.6 is 35.8 Å². The molecule has 0 saturated heterocycles. The van der Waals surface area contributed by atoms with E-state index in [1.54, 1.807) is 0 Å². The number of halogens is 5. The number of alkyl halides is 3. The zero-order valence-electron chi connectivity index (χ0n) is 5.99. The Hall–Kier alpha value is -0.0600. The molecule has 0 saturated carbocycles. The smallest absolute Gasteiger partial charge is 0.166 e. The van der Waals surface area contributed by atoms with E-state index >= 15 is 0 Å². The third kappa shape index (κ3) is 2.45. The molecule has 13 heavy (non-hydrogen) atoms. The molecule has 1 rings (SSSR count). The van der Waals surface area contributed by atoms with Crippen molar-refractivity contribution in [3.8, 4) is 0 Å². The van der Waals surface area contributed by atoms with Crippen LogP contribution in [0.2, 0.25) is 10.0 Å². The van der Waals surface area contributed by atoms with Gasteiger partial charge < -0.3 is 0 Å². The Balaban J connectivity index is 3.29. The quantitative estimate of drug-likeness (QED) is 0.649. The average Bonchev–Trinajstić information content (AvgIpc) is 1.97. The fraction of sp³-hybridized carbons (Fsp3) is 0.143. The molecule has 1 aromatic rings. The fourth-order valence-electron chi connectivity index (χ4n) is 0.729. The predicted octanol–water partition coefficient (Wildman–Crippen LogP) is 4.30. The first-order chi connectivity index (χ1) is 5.82. The second-order valence-corrected chi connectivity index (χ2v) is 3.55.